The maximum Gasteiger partial charge on any atom is 0.306 e. The summed E-state index contributed by atoms with van der Waals surface area (Å²) >= 11 is 0. The molecule has 1 N–H and O–H groups in total. The molecule has 1 aliphatic carbocycles. The van der Waals surface area contributed by atoms with Crippen LogP contribution in [0.15, 0.2) is 60.7 Å². The third kappa shape index (κ3) is 3.30. The van der Waals surface area contributed by atoms with Crippen LogP contribution < -0.4 is 9.50 Å². The number of carbonyl (C=O) groups is 1. The Morgan fingerprint density at radius 3 is 2.46 bits per heavy atom. The van der Waals surface area contributed by atoms with Gasteiger partial charge in [-0.05, 0) is 36.0 Å². The van der Waals surface area contributed by atoms with Crippen LogP contribution in [0.3, 0.4) is 0 Å². The Hall–Kier alpha value is -2.70. The van der Waals surface area contributed by atoms with Gasteiger partial charge in [-0.25, -0.2) is 0 Å². The smallest absolute Gasteiger partial charge is 0.306 e. The molecule has 2 atom stereocenters. The van der Waals surface area contributed by atoms with Gasteiger partial charge in [-0.3, -0.25) is 4.79 Å². The van der Waals surface area contributed by atoms with E-state index in [1.54, 1.807) is 6.07 Å². The predicted molar refractivity (Wildman–Crippen MR) is 109 cm³/mol. The van der Waals surface area contributed by atoms with E-state index in [0.717, 1.165) is 22.8 Å². The summed E-state index contributed by atoms with van der Waals surface area (Å²) in [7, 11) is -1.79. The highest BCUT2D eigenvalue weighted by Crippen LogP contribution is 2.41. The van der Waals surface area contributed by atoms with Crippen LogP contribution in [0.1, 0.15) is 27.4 Å². The minimum atomic E-state index is -3.65. The van der Waals surface area contributed by atoms with E-state index in [4.69, 9.17) is 4.18 Å². The second kappa shape index (κ2) is 7.04. The summed E-state index contributed by atoms with van der Waals surface area (Å²) in [5.41, 5.74) is 2.63. The highest BCUT2D eigenvalue weighted by molar-refractivity contribution is 7.86. The van der Waals surface area contributed by atoms with Gasteiger partial charge in [0.25, 0.3) is 0 Å². The SMILES string of the molecule is CNC1Cc2ccc(OS(C)(=O)=O)c3cccc(c23)C1C(=O)c1ccccc1. The molecule has 28 heavy (non-hydrogen) atoms. The maximum absolute atomic E-state index is 13.4. The Morgan fingerprint density at radius 2 is 1.79 bits per heavy atom. The summed E-state index contributed by atoms with van der Waals surface area (Å²) in [6, 6.07) is 18.4. The van der Waals surface area contributed by atoms with Crippen molar-refractivity contribution in [3.8, 4) is 5.75 Å². The van der Waals surface area contributed by atoms with E-state index in [1.165, 1.54) is 0 Å². The van der Waals surface area contributed by atoms with Gasteiger partial charge in [-0.2, -0.15) is 8.42 Å². The van der Waals surface area contributed by atoms with Crippen LogP contribution in [0, 0.1) is 0 Å². The van der Waals surface area contributed by atoms with Crippen LogP contribution in [0.4, 0.5) is 0 Å². The van der Waals surface area contributed by atoms with Gasteiger partial charge in [-0.15, -0.1) is 0 Å². The summed E-state index contributed by atoms with van der Waals surface area (Å²) in [6.45, 7) is 0. The summed E-state index contributed by atoms with van der Waals surface area (Å²) in [4.78, 5) is 13.4. The lowest BCUT2D eigenvalue weighted by atomic mass is 9.74. The molecule has 6 heteroatoms. The fraction of sp³-hybridized carbons (Fsp3) is 0.227. The van der Waals surface area contributed by atoms with Gasteiger partial charge < -0.3 is 9.50 Å². The minimum Gasteiger partial charge on any atom is -0.382 e. The van der Waals surface area contributed by atoms with E-state index in [9.17, 15) is 13.2 Å². The molecule has 1 aliphatic rings. The Kier molecular flexibility index (Phi) is 4.69. The van der Waals surface area contributed by atoms with E-state index < -0.39 is 10.1 Å². The van der Waals surface area contributed by atoms with Crippen molar-refractivity contribution in [1.29, 1.82) is 0 Å². The third-order valence-corrected chi connectivity index (χ3v) is 5.73. The highest BCUT2D eigenvalue weighted by Gasteiger charge is 2.35. The van der Waals surface area contributed by atoms with Crippen LogP contribution in [0.25, 0.3) is 10.8 Å². The van der Waals surface area contributed by atoms with Crippen molar-refractivity contribution in [2.45, 2.75) is 18.4 Å². The fourth-order valence-corrected chi connectivity index (χ4v) is 4.57. The summed E-state index contributed by atoms with van der Waals surface area (Å²) in [5, 5.41) is 4.91. The van der Waals surface area contributed by atoms with E-state index >= 15 is 0 Å². The van der Waals surface area contributed by atoms with Crippen molar-refractivity contribution in [3.63, 3.8) is 0 Å². The summed E-state index contributed by atoms with van der Waals surface area (Å²) < 4.78 is 28.5. The highest BCUT2D eigenvalue weighted by atomic mass is 32.2. The first-order chi connectivity index (χ1) is 13.4. The van der Waals surface area contributed by atoms with Gasteiger partial charge in [0.05, 0.1) is 12.2 Å². The average Bonchev–Trinajstić information content (AvgIpc) is 2.69. The molecule has 4 rings (SSSR count). The van der Waals surface area contributed by atoms with Crippen molar-refractivity contribution in [2.24, 2.45) is 0 Å². The van der Waals surface area contributed by atoms with Gasteiger partial charge in [0.2, 0.25) is 0 Å². The Bertz CT molecular complexity index is 1160. The van der Waals surface area contributed by atoms with Gasteiger partial charge in [0.15, 0.2) is 5.78 Å². The molecule has 0 bridgehead atoms. The first-order valence-electron chi connectivity index (χ1n) is 9.09. The lowest BCUT2D eigenvalue weighted by molar-refractivity contribution is 0.0940. The van der Waals surface area contributed by atoms with E-state index in [1.807, 2.05) is 61.6 Å². The van der Waals surface area contributed by atoms with Crippen LogP contribution in [0.5, 0.6) is 5.75 Å². The molecule has 2 unspecified atom stereocenters. The van der Waals surface area contributed by atoms with Crippen molar-refractivity contribution >= 4 is 26.7 Å². The topological polar surface area (TPSA) is 72.5 Å². The van der Waals surface area contributed by atoms with Crippen molar-refractivity contribution in [3.05, 3.63) is 77.4 Å². The zero-order valence-corrected chi connectivity index (χ0v) is 16.5. The number of benzene rings is 3. The maximum atomic E-state index is 13.4. The zero-order chi connectivity index (χ0) is 19.9. The minimum absolute atomic E-state index is 0.0486. The molecule has 0 fully saturated rings. The van der Waals surface area contributed by atoms with Crippen LogP contribution >= 0.6 is 0 Å². The molecule has 0 saturated heterocycles. The molecule has 3 aromatic rings. The molecular formula is C22H21NO4S. The molecule has 0 amide bonds. The molecule has 0 radical (unpaired) electrons. The van der Waals surface area contributed by atoms with Crippen molar-refractivity contribution in [1.82, 2.24) is 5.32 Å². The van der Waals surface area contributed by atoms with Gasteiger partial charge in [0.1, 0.15) is 5.75 Å². The second-order valence-corrected chi connectivity index (χ2v) is 8.66. The van der Waals surface area contributed by atoms with Gasteiger partial charge >= 0.3 is 10.1 Å². The molecule has 0 spiro atoms. The zero-order valence-electron chi connectivity index (χ0n) is 15.7. The van der Waals surface area contributed by atoms with Crippen molar-refractivity contribution < 1.29 is 17.4 Å². The number of hydrogen-bond donors (Lipinski definition) is 1. The second-order valence-electron chi connectivity index (χ2n) is 7.09. The standard InChI is InChI=1S/C22H21NO4S/c1-23-18-13-15-11-12-19(27-28(2,25)26)16-9-6-10-17(20(15)16)21(18)22(24)14-7-4-3-5-8-14/h3-12,18,21,23H,13H2,1-2H3. The van der Waals surface area contributed by atoms with Crippen LogP contribution in [-0.2, 0) is 16.5 Å². The third-order valence-electron chi connectivity index (χ3n) is 5.25. The van der Waals surface area contributed by atoms with Crippen molar-refractivity contribution in [2.75, 3.05) is 13.3 Å². The number of rotatable bonds is 5. The Morgan fingerprint density at radius 1 is 1.04 bits per heavy atom. The van der Waals surface area contributed by atoms with Gasteiger partial charge in [-0.1, -0.05) is 54.6 Å². The monoisotopic (exact) mass is 395 g/mol. The average molecular weight is 395 g/mol. The largest absolute Gasteiger partial charge is 0.382 e. The summed E-state index contributed by atoms with van der Waals surface area (Å²) in [5.74, 6) is -0.0264. The first-order valence-corrected chi connectivity index (χ1v) is 10.9. The molecule has 144 valence electrons. The number of hydrogen-bond acceptors (Lipinski definition) is 5. The summed E-state index contributed by atoms with van der Waals surface area (Å²) in [6.07, 6.45) is 1.70. The van der Waals surface area contributed by atoms with Gasteiger partial charge in [0, 0.05) is 17.0 Å². The molecule has 0 heterocycles. The Balaban J connectivity index is 1.92. The first kappa shape index (κ1) is 18.7. The Labute approximate surface area is 164 Å². The molecule has 5 nitrogen and oxygen atoms in total. The fourth-order valence-electron chi connectivity index (χ4n) is 4.09. The number of ketones is 1. The molecule has 0 aromatic heterocycles. The van der Waals surface area contributed by atoms with E-state index in [-0.39, 0.29) is 23.5 Å². The van der Waals surface area contributed by atoms with Crippen LogP contribution in [0.2, 0.25) is 0 Å². The van der Waals surface area contributed by atoms with E-state index in [0.29, 0.717) is 17.4 Å². The number of likely N-dealkylation sites (N-methyl/N-ethyl adjacent to an activating group) is 1. The molecule has 3 aromatic carbocycles. The lowest BCUT2D eigenvalue weighted by Gasteiger charge is -2.33. The molecule has 0 saturated carbocycles. The molecular weight excluding hydrogens is 374 g/mol. The van der Waals surface area contributed by atoms with Crippen LogP contribution in [-0.4, -0.2) is 33.5 Å². The lowest BCUT2D eigenvalue weighted by Crippen LogP contribution is -2.40. The number of Topliss-reactive ketones (excluding diaryl/α,β-unsaturated/α-hetero) is 1. The number of carbonyl (C=O) groups excluding carboxylic acids is 1. The molecule has 0 aliphatic heterocycles. The quantitative estimate of drug-likeness (QED) is 0.530. The van der Waals surface area contributed by atoms with E-state index in [2.05, 4.69) is 5.32 Å². The normalized spacial score (nSPS) is 18.8. The number of nitrogens with one attached hydrogen (secondary N) is 1. The predicted octanol–water partition coefficient (Wildman–Crippen LogP) is 3.29.